The number of non-ortho nitro benzene ring substituents is 1. The van der Waals surface area contributed by atoms with Gasteiger partial charge in [-0.25, -0.2) is 14.0 Å². The molecule has 198 valence electrons. The molecule has 2 atom stereocenters. The first-order chi connectivity index (χ1) is 18.1. The van der Waals surface area contributed by atoms with Crippen LogP contribution in [0.2, 0.25) is 0 Å². The average molecular weight is 588 g/mol. The number of rotatable bonds is 11. The SMILES string of the molecule is O=C(N[C@@H](Cc1ccc([N+](=O)[O-])cc1)C(=O)N[C@@H](Cc1ccc(F)cc1)C(=O)O)OCc1ccc(Br)cc1. The molecule has 3 aromatic carbocycles. The highest BCUT2D eigenvalue weighted by molar-refractivity contribution is 9.10. The standard InChI is InChI=1S/C26H23BrFN3O7/c27-19-7-1-18(2-8-19)15-38-26(35)30-22(13-17-5-11-21(12-6-17)31(36)37)24(32)29-23(25(33)34)14-16-3-9-20(28)10-4-16/h1-12,22-23H,13-15H2,(H,29,32)(H,30,35)(H,33,34)/t22-,23-/m0/s1. The Bertz CT molecular complexity index is 1290. The van der Waals surface area contributed by atoms with E-state index in [1.165, 1.54) is 48.5 Å². The van der Waals surface area contributed by atoms with Crippen LogP contribution in [0, 0.1) is 15.9 Å². The molecule has 0 unspecified atom stereocenters. The van der Waals surface area contributed by atoms with E-state index in [2.05, 4.69) is 26.6 Å². The second-order valence-corrected chi connectivity index (χ2v) is 9.17. The molecule has 2 amide bonds. The van der Waals surface area contributed by atoms with E-state index >= 15 is 0 Å². The van der Waals surface area contributed by atoms with E-state index in [0.29, 0.717) is 16.7 Å². The number of hydrogen-bond donors (Lipinski definition) is 3. The van der Waals surface area contributed by atoms with Gasteiger partial charge in [0, 0.05) is 29.4 Å². The number of ether oxygens (including phenoxy) is 1. The molecule has 0 radical (unpaired) electrons. The third-order valence-corrected chi connectivity index (χ3v) is 5.98. The minimum Gasteiger partial charge on any atom is -0.480 e. The van der Waals surface area contributed by atoms with Crippen molar-refractivity contribution in [1.82, 2.24) is 10.6 Å². The maximum Gasteiger partial charge on any atom is 0.408 e. The van der Waals surface area contributed by atoms with Crippen molar-refractivity contribution in [2.45, 2.75) is 31.5 Å². The smallest absolute Gasteiger partial charge is 0.408 e. The summed E-state index contributed by atoms with van der Waals surface area (Å²) >= 11 is 3.31. The van der Waals surface area contributed by atoms with Crippen molar-refractivity contribution < 1.29 is 33.5 Å². The maximum atomic E-state index is 13.2. The Morgan fingerprint density at radius 3 is 1.95 bits per heavy atom. The van der Waals surface area contributed by atoms with Crippen LogP contribution in [0.3, 0.4) is 0 Å². The molecule has 0 saturated carbocycles. The van der Waals surface area contributed by atoms with E-state index in [0.717, 1.165) is 4.47 Å². The molecule has 0 aliphatic heterocycles. The summed E-state index contributed by atoms with van der Waals surface area (Å²) < 4.78 is 19.3. The number of nitro groups is 1. The van der Waals surface area contributed by atoms with Crippen LogP contribution in [0.4, 0.5) is 14.9 Å². The summed E-state index contributed by atoms with van der Waals surface area (Å²) in [6, 6.07) is 14.9. The molecule has 0 spiro atoms. The summed E-state index contributed by atoms with van der Waals surface area (Å²) in [5.41, 5.74) is 1.51. The van der Waals surface area contributed by atoms with E-state index in [-0.39, 0.29) is 25.1 Å². The zero-order chi connectivity index (χ0) is 27.7. The number of nitro benzene ring substituents is 1. The van der Waals surface area contributed by atoms with Crippen LogP contribution in [0.15, 0.2) is 77.3 Å². The highest BCUT2D eigenvalue weighted by Gasteiger charge is 2.28. The Labute approximate surface area is 225 Å². The molecule has 0 aromatic heterocycles. The monoisotopic (exact) mass is 587 g/mol. The fraction of sp³-hybridized carbons (Fsp3) is 0.192. The van der Waals surface area contributed by atoms with Gasteiger partial charge >= 0.3 is 12.1 Å². The molecule has 0 heterocycles. The van der Waals surface area contributed by atoms with E-state index in [4.69, 9.17) is 4.74 Å². The summed E-state index contributed by atoms with van der Waals surface area (Å²) in [5.74, 6) is -2.62. The van der Waals surface area contributed by atoms with Gasteiger partial charge in [0.2, 0.25) is 5.91 Å². The Morgan fingerprint density at radius 2 is 1.39 bits per heavy atom. The zero-order valence-electron chi connectivity index (χ0n) is 19.8. The van der Waals surface area contributed by atoms with Crippen molar-refractivity contribution in [3.8, 4) is 0 Å². The van der Waals surface area contributed by atoms with Gasteiger partial charge in [0.15, 0.2) is 0 Å². The lowest BCUT2D eigenvalue weighted by Crippen LogP contribution is -2.53. The number of hydrogen-bond acceptors (Lipinski definition) is 6. The third kappa shape index (κ3) is 8.66. The number of carboxylic acid groups (broad SMARTS) is 1. The van der Waals surface area contributed by atoms with Crippen LogP contribution in [-0.4, -0.2) is 40.1 Å². The maximum absolute atomic E-state index is 13.2. The molecule has 12 heteroatoms. The molecule has 10 nitrogen and oxygen atoms in total. The average Bonchev–Trinajstić information content (AvgIpc) is 2.89. The predicted octanol–water partition coefficient (Wildman–Crippen LogP) is 4.15. The van der Waals surface area contributed by atoms with Crippen molar-refractivity contribution in [1.29, 1.82) is 0 Å². The van der Waals surface area contributed by atoms with Gasteiger partial charge in [-0.2, -0.15) is 0 Å². The van der Waals surface area contributed by atoms with Crippen LogP contribution >= 0.6 is 15.9 Å². The van der Waals surface area contributed by atoms with Crippen molar-refractivity contribution in [3.63, 3.8) is 0 Å². The van der Waals surface area contributed by atoms with Crippen molar-refractivity contribution in [2.75, 3.05) is 0 Å². The second kappa shape index (κ2) is 13.3. The minimum atomic E-state index is -1.37. The van der Waals surface area contributed by atoms with Crippen LogP contribution in [0.1, 0.15) is 16.7 Å². The highest BCUT2D eigenvalue weighted by Crippen LogP contribution is 2.15. The second-order valence-electron chi connectivity index (χ2n) is 8.26. The van der Waals surface area contributed by atoms with Crippen LogP contribution in [-0.2, 0) is 33.8 Å². The zero-order valence-corrected chi connectivity index (χ0v) is 21.4. The van der Waals surface area contributed by atoms with Gasteiger partial charge in [0.25, 0.3) is 5.69 Å². The van der Waals surface area contributed by atoms with Crippen molar-refractivity contribution in [3.05, 3.63) is 110 Å². The lowest BCUT2D eigenvalue weighted by molar-refractivity contribution is -0.384. The van der Waals surface area contributed by atoms with Gasteiger partial charge in [-0.05, 0) is 41.0 Å². The summed E-state index contributed by atoms with van der Waals surface area (Å²) in [4.78, 5) is 47.8. The lowest BCUT2D eigenvalue weighted by Gasteiger charge is -2.21. The quantitative estimate of drug-likeness (QED) is 0.225. The fourth-order valence-corrected chi connectivity index (χ4v) is 3.71. The van der Waals surface area contributed by atoms with Crippen LogP contribution in [0.5, 0.6) is 0 Å². The van der Waals surface area contributed by atoms with Crippen LogP contribution < -0.4 is 10.6 Å². The number of nitrogens with one attached hydrogen (secondary N) is 2. The number of carbonyl (C=O) groups is 3. The largest absolute Gasteiger partial charge is 0.480 e. The molecule has 38 heavy (non-hydrogen) atoms. The van der Waals surface area contributed by atoms with Crippen LogP contribution in [0.25, 0.3) is 0 Å². The Hall–Kier alpha value is -4.32. The van der Waals surface area contributed by atoms with Gasteiger partial charge in [-0.15, -0.1) is 0 Å². The first-order valence-corrected chi connectivity index (χ1v) is 12.1. The van der Waals surface area contributed by atoms with E-state index < -0.39 is 40.8 Å². The number of halogens is 2. The summed E-state index contributed by atoms with van der Waals surface area (Å²) in [7, 11) is 0. The molecule has 0 fully saturated rings. The van der Waals surface area contributed by atoms with E-state index in [1.807, 2.05) is 0 Å². The number of aliphatic carboxylic acids is 1. The number of amides is 2. The Balaban J connectivity index is 1.73. The molecular formula is C26H23BrFN3O7. The van der Waals surface area contributed by atoms with E-state index in [1.54, 1.807) is 24.3 Å². The molecule has 3 rings (SSSR count). The van der Waals surface area contributed by atoms with Gasteiger partial charge in [0.05, 0.1) is 4.92 Å². The molecule has 0 aliphatic carbocycles. The van der Waals surface area contributed by atoms with Gasteiger partial charge < -0.3 is 20.5 Å². The summed E-state index contributed by atoms with van der Waals surface area (Å²) in [6.07, 6.45) is -1.14. The van der Waals surface area contributed by atoms with Gasteiger partial charge in [-0.1, -0.05) is 52.3 Å². The minimum absolute atomic E-state index is 0.0761. The van der Waals surface area contributed by atoms with Crippen molar-refractivity contribution in [2.24, 2.45) is 0 Å². The van der Waals surface area contributed by atoms with Crippen molar-refractivity contribution >= 4 is 39.6 Å². The molecule has 0 aliphatic rings. The number of carbonyl (C=O) groups excluding carboxylic acids is 2. The molecule has 3 aromatic rings. The molecular weight excluding hydrogens is 565 g/mol. The predicted molar refractivity (Wildman–Crippen MR) is 138 cm³/mol. The number of alkyl carbamates (subject to hydrolysis) is 1. The Morgan fingerprint density at radius 1 is 0.868 bits per heavy atom. The summed E-state index contributed by atoms with van der Waals surface area (Å²) in [5, 5.41) is 25.4. The number of benzene rings is 3. The van der Waals surface area contributed by atoms with Gasteiger partial charge in [0.1, 0.15) is 24.5 Å². The Kier molecular flexibility index (Phi) is 9.88. The lowest BCUT2D eigenvalue weighted by atomic mass is 10.0. The summed E-state index contributed by atoms with van der Waals surface area (Å²) in [6.45, 7) is -0.0761. The fourth-order valence-electron chi connectivity index (χ4n) is 3.44. The highest BCUT2D eigenvalue weighted by atomic mass is 79.9. The van der Waals surface area contributed by atoms with E-state index in [9.17, 15) is 34.0 Å². The molecule has 0 bridgehead atoms. The normalized spacial score (nSPS) is 12.2. The third-order valence-electron chi connectivity index (χ3n) is 5.45. The molecule has 3 N–H and O–H groups in total. The van der Waals surface area contributed by atoms with Gasteiger partial charge in [-0.3, -0.25) is 14.9 Å². The number of carboxylic acids is 1. The first-order valence-electron chi connectivity index (χ1n) is 11.3. The molecule has 0 saturated heterocycles. The first kappa shape index (κ1) is 28.3. The topological polar surface area (TPSA) is 148 Å². The number of nitrogens with zero attached hydrogens (tertiary/aromatic N) is 1.